The number of benzene rings is 1. The van der Waals surface area contributed by atoms with Gasteiger partial charge < -0.3 is 10.4 Å². The molecule has 0 unspecified atom stereocenters. The van der Waals surface area contributed by atoms with Crippen LogP contribution in [0.4, 0.5) is 10.1 Å². The lowest BCUT2D eigenvalue weighted by atomic mass is 10.1. The molecule has 2 aromatic rings. The Labute approximate surface area is 119 Å². The highest BCUT2D eigenvalue weighted by molar-refractivity contribution is 6.06. The largest absolute Gasteiger partial charge is 0.478 e. The number of amides is 1. The molecular formula is C14H12FN3O3. The average Bonchev–Trinajstić information content (AvgIpc) is 2.84. The number of carboxylic acids is 1. The van der Waals surface area contributed by atoms with Crippen molar-refractivity contribution in [2.24, 2.45) is 7.05 Å². The topological polar surface area (TPSA) is 84.2 Å². The summed E-state index contributed by atoms with van der Waals surface area (Å²) in [6.45, 7) is 0. The summed E-state index contributed by atoms with van der Waals surface area (Å²) in [5.74, 6) is -2.76. The van der Waals surface area contributed by atoms with Crippen LogP contribution >= 0.6 is 0 Å². The molecule has 0 aliphatic rings. The molecule has 0 aliphatic heterocycles. The van der Waals surface area contributed by atoms with E-state index in [1.165, 1.54) is 24.3 Å². The van der Waals surface area contributed by atoms with Gasteiger partial charge in [0.05, 0.1) is 16.9 Å². The number of carbonyl (C=O) groups is 2. The third kappa shape index (κ3) is 3.33. The van der Waals surface area contributed by atoms with Crippen LogP contribution in [0, 0.1) is 5.82 Å². The van der Waals surface area contributed by atoms with Gasteiger partial charge in [0, 0.05) is 19.3 Å². The van der Waals surface area contributed by atoms with Crippen molar-refractivity contribution in [3.8, 4) is 0 Å². The number of nitrogens with one attached hydrogen (secondary N) is 1. The van der Waals surface area contributed by atoms with Gasteiger partial charge in [0.15, 0.2) is 0 Å². The van der Waals surface area contributed by atoms with E-state index in [0.29, 0.717) is 5.69 Å². The molecule has 0 fully saturated rings. The van der Waals surface area contributed by atoms with Crippen LogP contribution in [-0.2, 0) is 11.8 Å². The molecule has 0 aliphatic carbocycles. The number of aromatic carboxylic acids is 1. The summed E-state index contributed by atoms with van der Waals surface area (Å²) in [7, 11) is 1.71. The molecule has 2 N–H and O–H groups in total. The lowest BCUT2D eigenvalue weighted by Gasteiger charge is -2.07. The van der Waals surface area contributed by atoms with E-state index in [1.54, 1.807) is 24.0 Å². The van der Waals surface area contributed by atoms with Crippen LogP contribution in [-0.4, -0.2) is 26.8 Å². The van der Waals surface area contributed by atoms with Crippen LogP contribution in [0.5, 0.6) is 0 Å². The minimum atomic E-state index is -1.32. The molecule has 21 heavy (non-hydrogen) atoms. The highest BCUT2D eigenvalue weighted by Gasteiger charge is 2.15. The zero-order valence-corrected chi connectivity index (χ0v) is 11.1. The van der Waals surface area contributed by atoms with E-state index in [4.69, 9.17) is 5.11 Å². The minimum Gasteiger partial charge on any atom is -0.478 e. The van der Waals surface area contributed by atoms with Crippen LogP contribution in [0.1, 0.15) is 16.1 Å². The molecule has 0 saturated carbocycles. The third-order valence-electron chi connectivity index (χ3n) is 2.76. The predicted octanol–water partition coefficient (Wildman–Crippen LogP) is 1.91. The monoisotopic (exact) mass is 289 g/mol. The Balaban J connectivity index is 2.19. The number of carbonyl (C=O) groups excluding carboxylic acids is 1. The molecule has 1 aromatic heterocycles. The summed E-state index contributed by atoms with van der Waals surface area (Å²) in [6.07, 6.45) is 4.23. The normalized spacial score (nSPS) is 10.8. The summed E-state index contributed by atoms with van der Waals surface area (Å²) < 4.78 is 15.2. The number of aryl methyl sites for hydroxylation is 1. The van der Waals surface area contributed by atoms with Gasteiger partial charge in [-0.05, 0) is 24.3 Å². The van der Waals surface area contributed by atoms with E-state index in [-0.39, 0.29) is 11.3 Å². The second-order valence-electron chi connectivity index (χ2n) is 4.17. The third-order valence-corrected chi connectivity index (χ3v) is 2.76. The van der Waals surface area contributed by atoms with Gasteiger partial charge in [-0.2, -0.15) is 5.10 Å². The number of para-hydroxylation sites is 1. The highest BCUT2D eigenvalue weighted by Crippen LogP contribution is 2.19. The van der Waals surface area contributed by atoms with Crippen molar-refractivity contribution in [2.75, 3.05) is 5.32 Å². The first-order chi connectivity index (χ1) is 9.99. The number of halogens is 1. The Morgan fingerprint density at radius 3 is 2.76 bits per heavy atom. The van der Waals surface area contributed by atoms with E-state index in [0.717, 1.165) is 6.07 Å². The summed E-state index contributed by atoms with van der Waals surface area (Å²) in [6, 6.07) is 5.24. The van der Waals surface area contributed by atoms with E-state index in [9.17, 15) is 14.0 Å². The average molecular weight is 289 g/mol. The molecule has 0 radical (unpaired) electrons. The van der Waals surface area contributed by atoms with Crippen molar-refractivity contribution < 1.29 is 19.1 Å². The Kier molecular flexibility index (Phi) is 4.13. The maximum Gasteiger partial charge on any atom is 0.337 e. The van der Waals surface area contributed by atoms with Crippen molar-refractivity contribution in [1.29, 1.82) is 0 Å². The fourth-order valence-electron chi connectivity index (χ4n) is 1.70. The summed E-state index contributed by atoms with van der Waals surface area (Å²) in [5, 5.41) is 15.1. The number of aromatic nitrogens is 2. The quantitative estimate of drug-likeness (QED) is 0.842. The molecule has 0 saturated heterocycles. The van der Waals surface area contributed by atoms with Gasteiger partial charge in [-0.15, -0.1) is 0 Å². The van der Waals surface area contributed by atoms with Crippen LogP contribution in [0.25, 0.3) is 6.08 Å². The van der Waals surface area contributed by atoms with Gasteiger partial charge in [0.1, 0.15) is 5.82 Å². The SMILES string of the molecule is Cn1nccc1/C=C/C(=O)Nc1c(F)cccc1C(=O)O. The molecule has 1 aromatic carbocycles. The molecule has 0 bridgehead atoms. The Hall–Kier alpha value is -2.96. The van der Waals surface area contributed by atoms with Crippen molar-refractivity contribution in [1.82, 2.24) is 9.78 Å². The molecule has 108 valence electrons. The molecule has 0 atom stereocenters. The maximum atomic E-state index is 13.6. The summed E-state index contributed by atoms with van der Waals surface area (Å²) >= 11 is 0. The van der Waals surface area contributed by atoms with Gasteiger partial charge in [-0.3, -0.25) is 9.48 Å². The molecule has 2 rings (SSSR count). The molecular weight excluding hydrogens is 277 g/mol. The number of hydrogen-bond acceptors (Lipinski definition) is 3. The van der Waals surface area contributed by atoms with Gasteiger partial charge in [0.2, 0.25) is 5.91 Å². The number of carboxylic acid groups (broad SMARTS) is 1. The highest BCUT2D eigenvalue weighted by atomic mass is 19.1. The number of rotatable bonds is 4. The van der Waals surface area contributed by atoms with Crippen LogP contribution in [0.3, 0.4) is 0 Å². The van der Waals surface area contributed by atoms with Crippen molar-refractivity contribution in [3.05, 3.63) is 53.6 Å². The van der Waals surface area contributed by atoms with E-state index >= 15 is 0 Å². The number of hydrogen-bond donors (Lipinski definition) is 2. The first-order valence-corrected chi connectivity index (χ1v) is 5.98. The second kappa shape index (κ2) is 6.00. The molecule has 6 nitrogen and oxygen atoms in total. The van der Waals surface area contributed by atoms with Crippen molar-refractivity contribution in [3.63, 3.8) is 0 Å². The minimum absolute atomic E-state index is 0.308. The second-order valence-corrected chi connectivity index (χ2v) is 4.17. The zero-order valence-electron chi connectivity index (χ0n) is 11.1. The predicted molar refractivity (Wildman–Crippen MR) is 74.2 cm³/mol. The maximum absolute atomic E-state index is 13.6. The van der Waals surface area contributed by atoms with Gasteiger partial charge in [-0.1, -0.05) is 6.07 Å². The first kappa shape index (κ1) is 14.4. The summed E-state index contributed by atoms with van der Waals surface area (Å²) in [5.41, 5.74) is 0.0130. The molecule has 1 heterocycles. The molecule has 1 amide bonds. The van der Waals surface area contributed by atoms with E-state index < -0.39 is 17.7 Å². The Morgan fingerprint density at radius 2 is 2.14 bits per heavy atom. The van der Waals surface area contributed by atoms with Crippen molar-refractivity contribution in [2.45, 2.75) is 0 Å². The molecule has 0 spiro atoms. The van der Waals surface area contributed by atoms with Crippen LogP contribution < -0.4 is 5.32 Å². The lowest BCUT2D eigenvalue weighted by molar-refractivity contribution is -0.111. The number of nitrogens with zero attached hydrogens (tertiary/aromatic N) is 2. The van der Waals surface area contributed by atoms with E-state index in [1.807, 2.05) is 0 Å². The lowest BCUT2D eigenvalue weighted by Crippen LogP contribution is -2.13. The molecule has 7 heteroatoms. The Morgan fingerprint density at radius 1 is 1.38 bits per heavy atom. The fraction of sp³-hybridized carbons (Fsp3) is 0.0714. The van der Waals surface area contributed by atoms with Gasteiger partial charge >= 0.3 is 5.97 Å². The van der Waals surface area contributed by atoms with Crippen LogP contribution in [0.15, 0.2) is 36.5 Å². The Bertz CT molecular complexity index is 722. The number of anilines is 1. The first-order valence-electron chi connectivity index (χ1n) is 5.98. The smallest absolute Gasteiger partial charge is 0.337 e. The van der Waals surface area contributed by atoms with Crippen molar-refractivity contribution >= 4 is 23.6 Å². The van der Waals surface area contributed by atoms with Gasteiger partial charge in [0.25, 0.3) is 0 Å². The fourth-order valence-corrected chi connectivity index (χ4v) is 1.70. The van der Waals surface area contributed by atoms with Gasteiger partial charge in [-0.25, -0.2) is 9.18 Å². The zero-order chi connectivity index (χ0) is 15.4. The summed E-state index contributed by atoms with van der Waals surface area (Å²) in [4.78, 5) is 22.8. The van der Waals surface area contributed by atoms with Crippen LogP contribution in [0.2, 0.25) is 0 Å². The van der Waals surface area contributed by atoms with E-state index in [2.05, 4.69) is 10.4 Å². The standard InChI is InChI=1S/C14H12FN3O3/c1-18-9(7-8-16-18)5-6-12(19)17-13-10(14(20)21)3-2-4-11(13)15/h2-8H,1H3,(H,17,19)(H,20,21)/b6-5+.